The van der Waals surface area contributed by atoms with Crippen LogP contribution in [0.15, 0.2) is 0 Å². The van der Waals surface area contributed by atoms with E-state index < -0.39 is 0 Å². The Morgan fingerprint density at radius 1 is 1.10 bits per heavy atom. The van der Waals surface area contributed by atoms with Crippen molar-refractivity contribution in [1.82, 2.24) is 0 Å². The molecule has 0 aromatic heterocycles. The van der Waals surface area contributed by atoms with Crippen LogP contribution in [0.4, 0.5) is 0 Å². The number of hydrogen-bond acceptors (Lipinski definition) is 1. The number of unbranched alkanes of at least 4 members (excludes halogenated alkanes) is 5. The van der Waals surface area contributed by atoms with E-state index in [1.165, 1.54) is 32.1 Å². The monoisotopic (exact) mass is 249 g/mol. The summed E-state index contributed by atoms with van der Waals surface area (Å²) in [5.74, 6) is 0. The Balaban J connectivity index is 0. The van der Waals surface area contributed by atoms with Crippen LogP contribution in [0.3, 0.4) is 0 Å². The Hall–Kier alpha value is 0.599. The fraction of sp³-hybridized carbons (Fsp3) is 0.875. The molecule has 0 heterocycles. The number of rotatable bonds is 5. The fourth-order valence-corrected chi connectivity index (χ4v) is 0.780. The third-order valence-electron chi connectivity index (χ3n) is 1.35. The zero-order chi connectivity index (χ0) is 8.24. The molecule has 0 aromatic rings. The van der Waals surface area contributed by atoms with E-state index in [1.54, 1.807) is 0 Å². The molecule has 1 nitrogen and oxygen atoms in total. The van der Waals surface area contributed by atoms with Crippen LogP contribution in [-0.2, 0) is 3.08 Å². The summed E-state index contributed by atoms with van der Waals surface area (Å²) < 4.78 is 8.34. The molecule has 0 saturated carbocycles. The second kappa shape index (κ2) is 16.3. The predicted octanol–water partition coefficient (Wildman–Crippen LogP) is 2.68. The third kappa shape index (κ3) is 15.8. The van der Waals surface area contributed by atoms with Crippen molar-refractivity contribution in [3.05, 3.63) is 6.92 Å². The van der Waals surface area contributed by atoms with Gasteiger partial charge in [-0.2, -0.15) is 0 Å². The number of hydrogen-bond donors (Lipinski definition) is 0. The van der Waals surface area contributed by atoms with Crippen molar-refractivity contribution in [1.29, 1.82) is 0 Å². The first-order chi connectivity index (χ1) is 4.91. The van der Waals surface area contributed by atoms with Gasteiger partial charge in [0.1, 0.15) is 0 Å². The molecule has 0 aliphatic heterocycles. The molecule has 0 unspecified atom stereocenters. The molecule has 0 spiro atoms. The molecule has 0 aromatic carbocycles. The van der Waals surface area contributed by atoms with Crippen molar-refractivity contribution in [2.45, 2.75) is 45.4 Å². The molecule has 0 amide bonds. The molecule has 2 heteroatoms. The van der Waals surface area contributed by atoms with E-state index in [-0.39, 0.29) is 0 Å². The van der Waals surface area contributed by atoms with Gasteiger partial charge in [-0.25, -0.2) is 0 Å². The van der Waals surface area contributed by atoms with Crippen LogP contribution in [0.2, 0.25) is 0 Å². The van der Waals surface area contributed by atoms with Gasteiger partial charge < -0.3 is 0 Å². The zero-order valence-electron chi connectivity index (χ0n) is 6.86. The maximum absolute atomic E-state index is 8.34. The van der Waals surface area contributed by atoms with Crippen molar-refractivity contribution in [3.63, 3.8) is 0 Å². The van der Waals surface area contributed by atoms with Gasteiger partial charge in [0.05, 0.1) is 0 Å². The second-order valence-electron chi connectivity index (χ2n) is 2.27. The van der Waals surface area contributed by atoms with Crippen molar-refractivity contribution in [2.24, 2.45) is 0 Å². The molecule has 0 fully saturated rings. The van der Waals surface area contributed by atoms with Crippen LogP contribution in [0.5, 0.6) is 0 Å². The van der Waals surface area contributed by atoms with Crippen molar-refractivity contribution in [3.8, 4) is 0 Å². The van der Waals surface area contributed by atoms with Crippen LogP contribution in [-0.4, -0.2) is 22.5 Å². The zero-order valence-corrected chi connectivity index (χ0v) is 9.71. The minimum absolute atomic E-state index is 0.300. The van der Waals surface area contributed by atoms with Gasteiger partial charge in [-0.3, -0.25) is 0 Å². The van der Waals surface area contributed by atoms with Gasteiger partial charge in [0.25, 0.3) is 0 Å². The van der Waals surface area contributed by atoms with Crippen LogP contribution >= 0.6 is 0 Å². The average molecular weight is 248 g/mol. The average Bonchev–Trinajstić information content (AvgIpc) is 2.02. The van der Waals surface area contributed by atoms with Gasteiger partial charge in [0, 0.05) is 0 Å². The summed E-state index contributed by atoms with van der Waals surface area (Å²) in [5.41, 5.74) is 0. The standard InChI is InChI=1S/C8H17.O.Sn/c1-3-5-7-8-6-4-2;;/h1,3-8H2,2H3;;. The molecule has 0 N–H and O–H groups in total. The van der Waals surface area contributed by atoms with Crippen molar-refractivity contribution < 1.29 is 3.08 Å². The summed E-state index contributed by atoms with van der Waals surface area (Å²) in [7, 11) is 0. The Labute approximate surface area is 78.1 Å². The first-order valence-corrected chi connectivity index (χ1v) is 5.08. The third-order valence-corrected chi connectivity index (χ3v) is 1.35. The van der Waals surface area contributed by atoms with E-state index in [0.29, 0.717) is 22.5 Å². The first-order valence-electron chi connectivity index (χ1n) is 3.91. The summed E-state index contributed by atoms with van der Waals surface area (Å²) >= 11 is 0.300. The molecule has 0 saturated heterocycles. The normalized spacial score (nSPS) is 8.20. The van der Waals surface area contributed by atoms with E-state index in [9.17, 15) is 0 Å². The van der Waals surface area contributed by atoms with Gasteiger partial charge in [-0.15, -0.1) is 0 Å². The SMILES string of the molecule is [CH2]CCCCCCC.[O]=[Sn]. The molecule has 0 aliphatic carbocycles. The Bertz CT molecular complexity index is 42.5. The van der Waals surface area contributed by atoms with Gasteiger partial charge in [0.2, 0.25) is 0 Å². The molecule has 59 valence electrons. The second-order valence-corrected chi connectivity index (χ2v) is 2.27. The van der Waals surface area contributed by atoms with E-state index in [1.807, 2.05) is 0 Å². The van der Waals surface area contributed by atoms with Crippen LogP contribution in [0.1, 0.15) is 45.4 Å². The van der Waals surface area contributed by atoms with Crippen molar-refractivity contribution >= 4 is 22.5 Å². The molecule has 0 aliphatic rings. The first kappa shape index (κ1) is 13.2. The van der Waals surface area contributed by atoms with E-state index in [2.05, 4.69) is 13.8 Å². The van der Waals surface area contributed by atoms with Crippen LogP contribution in [0.25, 0.3) is 0 Å². The van der Waals surface area contributed by atoms with E-state index >= 15 is 0 Å². The summed E-state index contributed by atoms with van der Waals surface area (Å²) in [5, 5.41) is 0. The summed E-state index contributed by atoms with van der Waals surface area (Å²) in [6.07, 6.45) is 7.98. The molecule has 3 radical (unpaired) electrons. The fourth-order valence-electron chi connectivity index (χ4n) is 0.780. The summed E-state index contributed by atoms with van der Waals surface area (Å²) in [4.78, 5) is 0. The van der Waals surface area contributed by atoms with Crippen molar-refractivity contribution in [2.75, 3.05) is 0 Å². The van der Waals surface area contributed by atoms with Gasteiger partial charge in [0.15, 0.2) is 0 Å². The van der Waals surface area contributed by atoms with Gasteiger partial charge in [-0.05, 0) is 0 Å². The molecule has 0 atom stereocenters. The summed E-state index contributed by atoms with van der Waals surface area (Å²) in [6, 6.07) is 0. The molecular formula is C8H17OSn. The predicted molar refractivity (Wildman–Crippen MR) is 45.2 cm³/mol. The topological polar surface area (TPSA) is 17.1 Å². The minimum atomic E-state index is 0.300. The summed E-state index contributed by atoms with van der Waals surface area (Å²) in [6.45, 7) is 6.02. The Morgan fingerprint density at radius 3 is 2.00 bits per heavy atom. The molecule has 0 rings (SSSR count). The Kier molecular flexibility index (Phi) is 21.5. The molecular weight excluding hydrogens is 231 g/mol. The van der Waals surface area contributed by atoms with Gasteiger partial charge in [-0.1, -0.05) is 52.4 Å². The van der Waals surface area contributed by atoms with E-state index in [4.69, 9.17) is 3.08 Å². The maximum atomic E-state index is 8.34. The quantitative estimate of drug-likeness (QED) is 0.540. The Morgan fingerprint density at radius 2 is 1.60 bits per heavy atom. The molecule has 0 bridgehead atoms. The van der Waals surface area contributed by atoms with E-state index in [0.717, 1.165) is 6.42 Å². The van der Waals surface area contributed by atoms with Crippen LogP contribution < -0.4 is 0 Å². The van der Waals surface area contributed by atoms with Crippen LogP contribution in [0, 0.1) is 6.92 Å². The molecule has 10 heavy (non-hydrogen) atoms. The van der Waals surface area contributed by atoms with Gasteiger partial charge >= 0.3 is 25.6 Å².